The molecule has 11 heteroatoms. The number of benzene rings is 1. The van der Waals surface area contributed by atoms with Crippen LogP contribution in [-0.4, -0.2) is 68.2 Å². The third kappa shape index (κ3) is 8.66. The van der Waals surface area contributed by atoms with Gasteiger partial charge >= 0.3 is 13.2 Å². The van der Waals surface area contributed by atoms with Gasteiger partial charge in [0.1, 0.15) is 23.2 Å². The molecular weight excluding hydrogens is 458 g/mol. The molecule has 1 fully saturated rings. The predicted octanol–water partition coefficient (Wildman–Crippen LogP) is 3.25. The number of ether oxygens (including phenoxy) is 3. The van der Waals surface area contributed by atoms with Crippen molar-refractivity contribution in [2.24, 2.45) is 0 Å². The molecule has 1 aliphatic heterocycles. The minimum atomic E-state index is -1.00. The van der Waals surface area contributed by atoms with E-state index in [0.29, 0.717) is 12.2 Å². The summed E-state index contributed by atoms with van der Waals surface area (Å²) < 4.78 is 41.6. The Morgan fingerprint density at radius 2 is 1.63 bits per heavy atom. The van der Waals surface area contributed by atoms with Crippen LogP contribution in [0.3, 0.4) is 0 Å². The third-order valence-electron chi connectivity index (χ3n) is 5.78. The highest BCUT2D eigenvalue weighted by atomic mass is 19.1. The van der Waals surface area contributed by atoms with E-state index in [1.54, 1.807) is 20.8 Å². The highest BCUT2D eigenvalue weighted by Gasteiger charge is 2.54. The van der Waals surface area contributed by atoms with E-state index < -0.39 is 47.9 Å². The Kier molecular flexibility index (Phi) is 9.55. The molecule has 2 rings (SSSR count). The van der Waals surface area contributed by atoms with Gasteiger partial charge in [-0.15, -0.1) is 0 Å². The molecule has 0 unspecified atom stereocenters. The summed E-state index contributed by atoms with van der Waals surface area (Å²) in [6.07, 6.45) is -0.409. The Hall–Kier alpha value is -2.37. The van der Waals surface area contributed by atoms with Crippen LogP contribution in [0.1, 0.15) is 54.9 Å². The molecule has 1 aliphatic rings. The monoisotopic (exact) mass is 496 g/mol. The summed E-state index contributed by atoms with van der Waals surface area (Å²) in [6.45, 7) is 13.0. The summed E-state index contributed by atoms with van der Waals surface area (Å²) in [6, 6.07) is 4.66. The zero-order valence-electron chi connectivity index (χ0n) is 21.9. The van der Waals surface area contributed by atoms with Crippen LogP contribution >= 0.6 is 0 Å². The number of hydrogen-bond acceptors (Lipinski definition) is 7. The first-order valence-corrected chi connectivity index (χ1v) is 11.7. The van der Waals surface area contributed by atoms with E-state index in [0.717, 1.165) is 0 Å². The number of carbonyl (C=O) groups is 2. The lowest BCUT2D eigenvalue weighted by atomic mass is 9.76. The second-order valence-electron chi connectivity index (χ2n) is 10.5. The molecule has 0 saturated carbocycles. The summed E-state index contributed by atoms with van der Waals surface area (Å²) >= 11 is 0. The fraction of sp³-hybridized carbons (Fsp3) is 0.667. The minimum absolute atomic E-state index is 0.0623. The predicted molar refractivity (Wildman–Crippen MR) is 130 cm³/mol. The molecular formula is C24H38BFN2O7. The number of carbonyl (C=O) groups excluding carboxylic acids is 2. The smallest absolute Gasteiger partial charge is 0.481 e. The van der Waals surface area contributed by atoms with Gasteiger partial charge in [0.15, 0.2) is 0 Å². The molecule has 2 atom stereocenters. The van der Waals surface area contributed by atoms with E-state index in [9.17, 15) is 14.0 Å². The van der Waals surface area contributed by atoms with Gasteiger partial charge in [0.2, 0.25) is 5.91 Å². The van der Waals surface area contributed by atoms with Gasteiger partial charge in [0, 0.05) is 13.5 Å². The summed E-state index contributed by atoms with van der Waals surface area (Å²) in [5, 5.41) is 5.45. The Balaban J connectivity index is 2.12. The van der Waals surface area contributed by atoms with E-state index in [1.807, 2.05) is 27.7 Å². The second-order valence-corrected chi connectivity index (χ2v) is 10.5. The van der Waals surface area contributed by atoms with Crippen molar-refractivity contribution in [3.8, 4) is 5.75 Å². The molecule has 35 heavy (non-hydrogen) atoms. The van der Waals surface area contributed by atoms with E-state index in [2.05, 4.69) is 10.6 Å². The summed E-state index contributed by atoms with van der Waals surface area (Å²) in [7, 11) is 0.671. The lowest BCUT2D eigenvalue weighted by Gasteiger charge is -2.32. The first-order valence-electron chi connectivity index (χ1n) is 11.7. The van der Waals surface area contributed by atoms with Gasteiger partial charge in [-0.2, -0.15) is 0 Å². The van der Waals surface area contributed by atoms with Crippen LogP contribution in [0.4, 0.5) is 9.18 Å². The highest BCUT2D eigenvalue weighted by molar-refractivity contribution is 6.48. The van der Waals surface area contributed by atoms with Gasteiger partial charge in [-0.1, -0.05) is 0 Å². The largest absolute Gasteiger partial charge is 0.494 e. The Labute approximate surface area is 207 Å². The molecule has 196 valence electrons. The number of halogens is 1. The van der Waals surface area contributed by atoms with Crippen LogP contribution in [0.25, 0.3) is 0 Å². The number of hydrogen-bond donors (Lipinski definition) is 2. The van der Waals surface area contributed by atoms with E-state index >= 15 is 0 Å². The second kappa shape index (κ2) is 11.6. The average Bonchev–Trinajstić information content (AvgIpc) is 2.94. The van der Waals surface area contributed by atoms with E-state index in [4.69, 9.17) is 23.5 Å². The molecule has 1 aromatic carbocycles. The standard InChI is InChI=1S/C24H38BFN2O7/c1-22(2,3)33-21(30)27-18(15-31-8)20(29)28-19(25-34-23(4,5)24(6,7)35-25)13-14-32-17-11-9-16(26)10-12-17/h9-12,18-19H,13-15H2,1-8H3,(H,27,30)(H,28,29)/t18-,19+/m1/s1. The van der Waals surface area contributed by atoms with Crippen molar-refractivity contribution in [2.45, 2.75) is 83.7 Å². The molecule has 0 aromatic heterocycles. The zero-order valence-corrected chi connectivity index (χ0v) is 21.9. The van der Waals surface area contributed by atoms with E-state index in [1.165, 1.54) is 31.4 Å². The molecule has 0 aliphatic carbocycles. The Morgan fingerprint density at radius 1 is 1.06 bits per heavy atom. The maximum atomic E-state index is 13.2. The highest BCUT2D eigenvalue weighted by Crippen LogP contribution is 2.37. The van der Waals surface area contributed by atoms with Gasteiger partial charge in [-0.05, 0) is 72.7 Å². The number of methoxy groups -OCH3 is 1. The fourth-order valence-corrected chi connectivity index (χ4v) is 3.25. The number of nitrogens with one attached hydrogen (secondary N) is 2. The van der Waals surface area contributed by atoms with Gasteiger partial charge in [-0.25, -0.2) is 9.18 Å². The molecule has 9 nitrogen and oxygen atoms in total. The molecule has 1 saturated heterocycles. The SMILES string of the molecule is COC[C@@H](NC(=O)OC(C)(C)C)C(=O)N[C@@H](CCOc1ccc(F)cc1)B1OC(C)(C)C(C)(C)O1. The maximum Gasteiger partial charge on any atom is 0.481 e. The van der Waals surface area contributed by atoms with Crippen molar-refractivity contribution in [3.05, 3.63) is 30.1 Å². The molecule has 0 bridgehead atoms. The average molecular weight is 496 g/mol. The van der Waals surface area contributed by atoms with Crippen molar-refractivity contribution in [1.29, 1.82) is 0 Å². The topological polar surface area (TPSA) is 104 Å². The number of amides is 2. The van der Waals surface area contributed by atoms with Crippen LogP contribution in [0, 0.1) is 5.82 Å². The van der Waals surface area contributed by atoms with Crippen molar-refractivity contribution in [2.75, 3.05) is 20.3 Å². The minimum Gasteiger partial charge on any atom is -0.494 e. The fourth-order valence-electron chi connectivity index (χ4n) is 3.25. The van der Waals surface area contributed by atoms with Crippen molar-refractivity contribution >= 4 is 19.1 Å². The van der Waals surface area contributed by atoms with Gasteiger partial charge < -0.3 is 34.2 Å². The van der Waals surface area contributed by atoms with Crippen molar-refractivity contribution in [3.63, 3.8) is 0 Å². The Bertz CT molecular complexity index is 842. The maximum absolute atomic E-state index is 13.2. The summed E-state index contributed by atoms with van der Waals surface area (Å²) in [5.74, 6) is -0.960. The van der Waals surface area contributed by atoms with E-state index in [-0.39, 0.29) is 19.0 Å². The lowest BCUT2D eigenvalue weighted by Crippen LogP contribution is -2.56. The van der Waals surface area contributed by atoms with Crippen LogP contribution in [0.15, 0.2) is 24.3 Å². The summed E-state index contributed by atoms with van der Waals surface area (Å²) in [4.78, 5) is 25.4. The summed E-state index contributed by atoms with van der Waals surface area (Å²) in [5.41, 5.74) is -1.95. The van der Waals surface area contributed by atoms with Gasteiger partial charge in [0.25, 0.3) is 0 Å². The quantitative estimate of drug-likeness (QED) is 0.480. The molecule has 2 amide bonds. The van der Waals surface area contributed by atoms with Crippen LogP contribution in [-0.2, 0) is 23.6 Å². The number of rotatable bonds is 10. The van der Waals surface area contributed by atoms with Gasteiger partial charge in [-0.3, -0.25) is 4.79 Å². The third-order valence-corrected chi connectivity index (χ3v) is 5.78. The molecule has 1 aromatic rings. The van der Waals surface area contributed by atoms with Crippen molar-refractivity contribution in [1.82, 2.24) is 10.6 Å². The van der Waals surface area contributed by atoms with Crippen molar-refractivity contribution < 1.29 is 37.5 Å². The molecule has 0 radical (unpaired) electrons. The Morgan fingerprint density at radius 3 is 2.14 bits per heavy atom. The number of alkyl carbamates (subject to hydrolysis) is 1. The first kappa shape index (κ1) is 28.9. The lowest BCUT2D eigenvalue weighted by molar-refractivity contribution is -0.125. The molecule has 1 heterocycles. The van der Waals surface area contributed by atoms with Crippen LogP contribution in [0.5, 0.6) is 5.75 Å². The van der Waals surface area contributed by atoms with Crippen LogP contribution in [0.2, 0.25) is 0 Å². The molecule has 0 spiro atoms. The normalized spacial score (nSPS) is 18.5. The first-order chi connectivity index (χ1) is 16.1. The van der Waals surface area contributed by atoms with Gasteiger partial charge in [0.05, 0.1) is 30.4 Å². The molecule has 2 N–H and O–H groups in total. The zero-order chi connectivity index (χ0) is 26.4. The van der Waals surface area contributed by atoms with Crippen LogP contribution < -0.4 is 15.4 Å².